The van der Waals surface area contributed by atoms with E-state index in [1.54, 1.807) is 0 Å². The molecule has 1 amide bonds. The van der Waals surface area contributed by atoms with Gasteiger partial charge in [0.1, 0.15) is 6.04 Å². The summed E-state index contributed by atoms with van der Waals surface area (Å²) in [7, 11) is 1.19. The predicted molar refractivity (Wildman–Crippen MR) is 45.9 cm³/mol. The number of ether oxygens (including phenoxy) is 2. The monoisotopic (exact) mass is 203 g/mol. The van der Waals surface area contributed by atoms with Crippen LogP contribution in [0.25, 0.3) is 0 Å². The van der Waals surface area contributed by atoms with Gasteiger partial charge in [0.2, 0.25) is 0 Å². The van der Waals surface area contributed by atoms with E-state index in [-0.39, 0.29) is 5.92 Å². The minimum Gasteiger partial charge on any atom is -0.480 e. The predicted octanol–water partition coefficient (Wildman–Crippen LogP) is -0.168. The van der Waals surface area contributed by atoms with Gasteiger partial charge in [0.05, 0.1) is 13.7 Å². The van der Waals surface area contributed by atoms with Crippen LogP contribution in [0, 0.1) is 5.92 Å². The van der Waals surface area contributed by atoms with Crippen molar-refractivity contribution in [3.8, 4) is 0 Å². The molecule has 0 unspecified atom stereocenters. The zero-order valence-corrected chi connectivity index (χ0v) is 7.86. The van der Waals surface area contributed by atoms with E-state index in [4.69, 9.17) is 9.84 Å². The first kappa shape index (κ1) is 10.8. The highest BCUT2D eigenvalue weighted by Crippen LogP contribution is 2.16. The number of methoxy groups -OCH3 is 1. The molecule has 6 heteroatoms. The van der Waals surface area contributed by atoms with Gasteiger partial charge in [-0.25, -0.2) is 9.59 Å². The molecule has 0 saturated carbocycles. The van der Waals surface area contributed by atoms with Crippen molar-refractivity contribution in [1.29, 1.82) is 0 Å². The average Bonchev–Trinajstić information content (AvgIpc) is 2.65. The number of amides is 1. The topological polar surface area (TPSA) is 84.9 Å². The SMILES string of the molecule is COC(=O)N[C@H](C(=O)O)[C@@H]1CCOC1. The first-order valence-corrected chi connectivity index (χ1v) is 4.30. The van der Waals surface area contributed by atoms with Crippen LogP contribution in [0.1, 0.15) is 6.42 Å². The summed E-state index contributed by atoms with van der Waals surface area (Å²) in [6, 6.07) is -0.926. The van der Waals surface area contributed by atoms with Gasteiger partial charge in [-0.1, -0.05) is 0 Å². The van der Waals surface area contributed by atoms with Crippen molar-refractivity contribution in [1.82, 2.24) is 5.32 Å². The van der Waals surface area contributed by atoms with Crippen molar-refractivity contribution in [3.63, 3.8) is 0 Å². The molecule has 1 aliphatic heterocycles. The molecule has 2 N–H and O–H groups in total. The minimum atomic E-state index is -1.06. The third-order valence-electron chi connectivity index (χ3n) is 2.16. The number of nitrogens with one attached hydrogen (secondary N) is 1. The lowest BCUT2D eigenvalue weighted by Gasteiger charge is -2.18. The quantitative estimate of drug-likeness (QED) is 0.665. The minimum absolute atomic E-state index is 0.174. The summed E-state index contributed by atoms with van der Waals surface area (Å²) < 4.78 is 9.38. The summed E-state index contributed by atoms with van der Waals surface area (Å²) in [6.45, 7) is 0.901. The lowest BCUT2D eigenvalue weighted by molar-refractivity contribution is -0.140. The Morgan fingerprint density at radius 2 is 2.36 bits per heavy atom. The van der Waals surface area contributed by atoms with Crippen molar-refractivity contribution in [2.75, 3.05) is 20.3 Å². The first-order chi connectivity index (χ1) is 6.65. The van der Waals surface area contributed by atoms with E-state index in [1.165, 1.54) is 7.11 Å². The number of alkyl carbamates (subject to hydrolysis) is 1. The number of hydrogen-bond acceptors (Lipinski definition) is 4. The Morgan fingerprint density at radius 3 is 2.79 bits per heavy atom. The van der Waals surface area contributed by atoms with Crippen LogP contribution in [-0.4, -0.2) is 43.5 Å². The summed E-state index contributed by atoms with van der Waals surface area (Å²) in [5, 5.41) is 11.1. The molecule has 1 aliphatic rings. The molecule has 1 fully saturated rings. The molecule has 0 aromatic rings. The molecule has 0 bridgehead atoms. The van der Waals surface area contributed by atoms with Gasteiger partial charge < -0.3 is 19.9 Å². The number of hydrogen-bond donors (Lipinski definition) is 2. The van der Waals surface area contributed by atoms with Crippen LogP contribution in [0.4, 0.5) is 4.79 Å². The number of aliphatic carboxylic acids is 1. The fourth-order valence-electron chi connectivity index (χ4n) is 1.38. The van der Waals surface area contributed by atoms with Gasteiger partial charge in [0, 0.05) is 12.5 Å². The lowest BCUT2D eigenvalue weighted by atomic mass is 9.99. The van der Waals surface area contributed by atoms with Crippen molar-refractivity contribution in [2.45, 2.75) is 12.5 Å². The molecule has 80 valence electrons. The van der Waals surface area contributed by atoms with E-state index in [2.05, 4.69) is 10.1 Å². The van der Waals surface area contributed by atoms with Gasteiger partial charge in [-0.3, -0.25) is 0 Å². The second-order valence-electron chi connectivity index (χ2n) is 3.08. The highest BCUT2D eigenvalue weighted by atomic mass is 16.5. The number of carbonyl (C=O) groups excluding carboxylic acids is 1. The number of carbonyl (C=O) groups is 2. The van der Waals surface area contributed by atoms with E-state index < -0.39 is 18.1 Å². The largest absolute Gasteiger partial charge is 0.480 e. The van der Waals surface area contributed by atoms with E-state index in [0.717, 1.165) is 0 Å². The molecule has 1 rings (SSSR count). The zero-order valence-electron chi connectivity index (χ0n) is 7.86. The molecule has 0 aliphatic carbocycles. The fourth-order valence-corrected chi connectivity index (χ4v) is 1.38. The van der Waals surface area contributed by atoms with E-state index in [1.807, 2.05) is 0 Å². The molecule has 0 radical (unpaired) electrons. The molecule has 14 heavy (non-hydrogen) atoms. The molecule has 0 spiro atoms. The lowest BCUT2D eigenvalue weighted by Crippen LogP contribution is -2.46. The summed E-state index contributed by atoms with van der Waals surface area (Å²) in [5.74, 6) is -1.24. The Hall–Kier alpha value is -1.30. The molecule has 1 saturated heterocycles. The number of carboxylic acid groups (broad SMARTS) is 1. The Labute approximate surface area is 81.2 Å². The van der Waals surface area contributed by atoms with Gasteiger partial charge in [-0.05, 0) is 6.42 Å². The van der Waals surface area contributed by atoms with Crippen LogP contribution in [0.2, 0.25) is 0 Å². The van der Waals surface area contributed by atoms with Crippen molar-refractivity contribution >= 4 is 12.1 Å². The van der Waals surface area contributed by atoms with Crippen molar-refractivity contribution < 1.29 is 24.2 Å². The Morgan fingerprint density at radius 1 is 1.64 bits per heavy atom. The van der Waals surface area contributed by atoms with Crippen LogP contribution in [0.5, 0.6) is 0 Å². The molecule has 0 aromatic heterocycles. The highest BCUT2D eigenvalue weighted by molar-refractivity contribution is 5.80. The van der Waals surface area contributed by atoms with E-state index in [9.17, 15) is 9.59 Å². The molecule has 6 nitrogen and oxygen atoms in total. The maximum Gasteiger partial charge on any atom is 0.407 e. The zero-order chi connectivity index (χ0) is 10.6. The third kappa shape index (κ3) is 2.59. The van der Waals surface area contributed by atoms with Crippen LogP contribution in [-0.2, 0) is 14.3 Å². The van der Waals surface area contributed by atoms with Crippen LogP contribution < -0.4 is 5.32 Å². The summed E-state index contributed by atoms with van der Waals surface area (Å²) in [5.41, 5.74) is 0. The maximum absolute atomic E-state index is 10.8. The third-order valence-corrected chi connectivity index (χ3v) is 2.16. The summed E-state index contributed by atoms with van der Waals surface area (Å²) >= 11 is 0. The van der Waals surface area contributed by atoms with Gasteiger partial charge in [-0.15, -0.1) is 0 Å². The van der Waals surface area contributed by atoms with Gasteiger partial charge in [-0.2, -0.15) is 0 Å². The normalized spacial score (nSPS) is 22.8. The fraction of sp³-hybridized carbons (Fsp3) is 0.750. The number of carboxylic acids is 1. The Kier molecular flexibility index (Phi) is 3.70. The van der Waals surface area contributed by atoms with E-state index in [0.29, 0.717) is 19.6 Å². The van der Waals surface area contributed by atoms with Crippen LogP contribution >= 0.6 is 0 Å². The van der Waals surface area contributed by atoms with Gasteiger partial charge >= 0.3 is 12.1 Å². The first-order valence-electron chi connectivity index (χ1n) is 4.30. The highest BCUT2D eigenvalue weighted by Gasteiger charge is 2.32. The standard InChI is InChI=1S/C8H13NO5/c1-13-8(12)9-6(7(10)11)5-2-3-14-4-5/h5-6H,2-4H2,1H3,(H,9,12)(H,10,11)/t5-,6+/m1/s1. The summed E-state index contributed by atoms with van der Waals surface area (Å²) in [4.78, 5) is 21.7. The molecular formula is C8H13NO5. The summed E-state index contributed by atoms with van der Waals surface area (Å²) in [6.07, 6.45) is -0.0923. The van der Waals surface area contributed by atoms with Crippen molar-refractivity contribution in [3.05, 3.63) is 0 Å². The molecule has 0 aromatic carbocycles. The van der Waals surface area contributed by atoms with Crippen molar-refractivity contribution in [2.24, 2.45) is 5.92 Å². The van der Waals surface area contributed by atoms with Gasteiger partial charge in [0.15, 0.2) is 0 Å². The molecule has 1 heterocycles. The molecular weight excluding hydrogens is 190 g/mol. The second-order valence-corrected chi connectivity index (χ2v) is 3.08. The maximum atomic E-state index is 10.8. The molecule has 2 atom stereocenters. The Bertz CT molecular complexity index is 224. The number of rotatable bonds is 3. The van der Waals surface area contributed by atoms with Gasteiger partial charge in [0.25, 0.3) is 0 Å². The van der Waals surface area contributed by atoms with Crippen LogP contribution in [0.3, 0.4) is 0 Å². The Balaban J connectivity index is 2.54. The smallest absolute Gasteiger partial charge is 0.407 e. The average molecular weight is 203 g/mol. The van der Waals surface area contributed by atoms with Crippen LogP contribution in [0.15, 0.2) is 0 Å². The van der Waals surface area contributed by atoms with E-state index >= 15 is 0 Å². The second kappa shape index (κ2) is 4.80.